The summed E-state index contributed by atoms with van der Waals surface area (Å²) in [7, 11) is 1.78. The Morgan fingerprint density at radius 3 is 2.82 bits per heavy atom. The van der Waals surface area contributed by atoms with Crippen LogP contribution in [0.3, 0.4) is 0 Å². The molecule has 1 aromatic rings. The molecule has 3 aliphatic carbocycles. The first kappa shape index (κ1) is 14.6. The molecule has 1 aromatic carbocycles. The third-order valence-corrected chi connectivity index (χ3v) is 7.62. The van der Waals surface area contributed by atoms with Gasteiger partial charge in [-0.2, -0.15) is 0 Å². The van der Waals surface area contributed by atoms with Crippen LogP contribution in [0.2, 0.25) is 0 Å². The maximum absolute atomic E-state index is 5.43. The molecular weight excluding hydrogens is 268 g/mol. The van der Waals surface area contributed by atoms with E-state index in [9.17, 15) is 0 Å². The average molecular weight is 298 g/mol. The number of benzene rings is 1. The van der Waals surface area contributed by atoms with Crippen LogP contribution in [0.15, 0.2) is 18.2 Å². The summed E-state index contributed by atoms with van der Waals surface area (Å²) in [5.41, 5.74) is 3.85. The van der Waals surface area contributed by atoms with Gasteiger partial charge in [0.2, 0.25) is 0 Å². The van der Waals surface area contributed by atoms with E-state index in [1.807, 2.05) is 0 Å². The van der Waals surface area contributed by atoms with Crippen molar-refractivity contribution in [3.63, 3.8) is 0 Å². The molecule has 2 saturated carbocycles. The minimum Gasteiger partial charge on any atom is -0.497 e. The molecule has 0 saturated heterocycles. The molecule has 0 amide bonds. The number of aryl methyl sites for hydroxylation is 1. The summed E-state index contributed by atoms with van der Waals surface area (Å²) in [6, 6.07) is 6.85. The Hall–Kier alpha value is -0.980. The lowest BCUT2D eigenvalue weighted by Gasteiger charge is -2.51. The standard InChI is InChI=1S/C21H30O/c1-4-15-6-10-20-19-8-5-14-13-16(22-3)7-9-17(14)18(19)11-12-21(15,20)2/h7,9,13,15,18-20H,4-6,8,10-12H2,1-3H3/t15-,18?,19?,20?,21+/m0/s1. The number of ether oxygens (including phenoxy) is 1. The minimum absolute atomic E-state index is 0.639. The second kappa shape index (κ2) is 5.28. The minimum atomic E-state index is 0.639. The van der Waals surface area contributed by atoms with Crippen molar-refractivity contribution in [1.29, 1.82) is 0 Å². The fourth-order valence-electron chi connectivity index (χ4n) is 6.47. The van der Waals surface area contributed by atoms with Gasteiger partial charge in [-0.25, -0.2) is 0 Å². The molecule has 1 heteroatoms. The lowest BCUT2D eigenvalue weighted by molar-refractivity contribution is 0.0273. The highest BCUT2D eigenvalue weighted by Gasteiger charge is 2.53. The predicted molar refractivity (Wildman–Crippen MR) is 91.4 cm³/mol. The molecule has 3 aliphatic rings. The van der Waals surface area contributed by atoms with Crippen LogP contribution in [-0.2, 0) is 6.42 Å². The van der Waals surface area contributed by atoms with Crippen molar-refractivity contribution in [3.05, 3.63) is 29.3 Å². The van der Waals surface area contributed by atoms with Crippen molar-refractivity contribution in [1.82, 2.24) is 0 Å². The highest BCUT2D eigenvalue weighted by atomic mass is 16.5. The van der Waals surface area contributed by atoms with Crippen molar-refractivity contribution in [2.24, 2.45) is 23.2 Å². The molecule has 0 radical (unpaired) electrons. The van der Waals surface area contributed by atoms with Crippen LogP contribution in [0.1, 0.15) is 69.4 Å². The maximum Gasteiger partial charge on any atom is 0.119 e. The van der Waals surface area contributed by atoms with Gasteiger partial charge in [-0.05, 0) is 90.9 Å². The van der Waals surface area contributed by atoms with E-state index < -0.39 is 0 Å². The Morgan fingerprint density at radius 1 is 1.18 bits per heavy atom. The number of hydrogen-bond acceptors (Lipinski definition) is 1. The summed E-state index contributed by atoms with van der Waals surface area (Å²) in [5.74, 6) is 4.76. The fourth-order valence-corrected chi connectivity index (χ4v) is 6.47. The number of methoxy groups -OCH3 is 1. The van der Waals surface area contributed by atoms with Crippen LogP contribution >= 0.6 is 0 Å². The quantitative estimate of drug-likeness (QED) is 0.693. The Kier molecular flexibility index (Phi) is 3.51. The summed E-state index contributed by atoms with van der Waals surface area (Å²) in [6.07, 6.45) is 9.88. The zero-order chi connectivity index (χ0) is 15.3. The van der Waals surface area contributed by atoms with Gasteiger partial charge < -0.3 is 4.74 Å². The smallest absolute Gasteiger partial charge is 0.119 e. The zero-order valence-corrected chi connectivity index (χ0v) is 14.4. The Morgan fingerprint density at radius 2 is 2.05 bits per heavy atom. The van der Waals surface area contributed by atoms with Gasteiger partial charge in [0, 0.05) is 0 Å². The molecule has 0 spiro atoms. The zero-order valence-electron chi connectivity index (χ0n) is 14.4. The number of hydrogen-bond donors (Lipinski definition) is 0. The Bertz CT molecular complexity index is 563. The lowest BCUT2D eigenvalue weighted by Crippen LogP contribution is -2.42. The van der Waals surface area contributed by atoms with Crippen LogP contribution in [0.25, 0.3) is 0 Å². The van der Waals surface area contributed by atoms with Crippen LogP contribution in [0, 0.1) is 23.2 Å². The van der Waals surface area contributed by atoms with E-state index in [-0.39, 0.29) is 0 Å². The van der Waals surface area contributed by atoms with E-state index in [4.69, 9.17) is 4.74 Å². The molecule has 5 atom stereocenters. The lowest BCUT2D eigenvalue weighted by atomic mass is 9.54. The van der Waals surface area contributed by atoms with Gasteiger partial charge in [0.25, 0.3) is 0 Å². The summed E-state index contributed by atoms with van der Waals surface area (Å²) < 4.78 is 5.43. The molecule has 4 rings (SSSR count). The van der Waals surface area contributed by atoms with E-state index in [0.717, 1.165) is 29.4 Å². The molecule has 0 aliphatic heterocycles. The fraction of sp³-hybridized carbons (Fsp3) is 0.714. The summed E-state index contributed by atoms with van der Waals surface area (Å²) in [5, 5.41) is 0. The van der Waals surface area contributed by atoms with E-state index in [2.05, 4.69) is 32.0 Å². The first-order valence-electron chi connectivity index (χ1n) is 9.34. The molecule has 0 N–H and O–H groups in total. The molecule has 1 nitrogen and oxygen atoms in total. The van der Waals surface area contributed by atoms with Crippen molar-refractivity contribution >= 4 is 0 Å². The van der Waals surface area contributed by atoms with Crippen LogP contribution in [-0.4, -0.2) is 7.11 Å². The molecule has 22 heavy (non-hydrogen) atoms. The highest BCUT2D eigenvalue weighted by molar-refractivity contribution is 5.40. The molecule has 120 valence electrons. The number of fused-ring (bicyclic) bond motifs is 5. The topological polar surface area (TPSA) is 9.23 Å². The van der Waals surface area contributed by atoms with E-state index in [0.29, 0.717) is 5.41 Å². The van der Waals surface area contributed by atoms with Gasteiger partial charge in [0.05, 0.1) is 7.11 Å². The van der Waals surface area contributed by atoms with Gasteiger partial charge in [0.1, 0.15) is 5.75 Å². The van der Waals surface area contributed by atoms with Gasteiger partial charge in [0.15, 0.2) is 0 Å². The van der Waals surface area contributed by atoms with Gasteiger partial charge >= 0.3 is 0 Å². The van der Waals surface area contributed by atoms with Gasteiger partial charge in [-0.1, -0.05) is 26.3 Å². The van der Waals surface area contributed by atoms with E-state index >= 15 is 0 Å². The summed E-state index contributed by atoms with van der Waals surface area (Å²) in [4.78, 5) is 0. The van der Waals surface area contributed by atoms with Crippen molar-refractivity contribution < 1.29 is 4.74 Å². The van der Waals surface area contributed by atoms with Gasteiger partial charge in [-0.15, -0.1) is 0 Å². The largest absolute Gasteiger partial charge is 0.497 e. The first-order chi connectivity index (χ1) is 10.7. The third kappa shape index (κ3) is 1.97. The van der Waals surface area contributed by atoms with Crippen LogP contribution in [0.4, 0.5) is 0 Å². The molecule has 0 heterocycles. The molecule has 0 aromatic heterocycles. The summed E-state index contributed by atoms with van der Waals surface area (Å²) >= 11 is 0. The third-order valence-electron chi connectivity index (χ3n) is 7.62. The molecule has 2 fully saturated rings. The predicted octanol–water partition coefficient (Wildman–Crippen LogP) is 5.58. The van der Waals surface area contributed by atoms with Crippen LogP contribution in [0.5, 0.6) is 5.75 Å². The maximum atomic E-state index is 5.43. The summed E-state index contributed by atoms with van der Waals surface area (Å²) in [6.45, 7) is 5.03. The van der Waals surface area contributed by atoms with Crippen LogP contribution < -0.4 is 4.74 Å². The Balaban J connectivity index is 1.66. The monoisotopic (exact) mass is 298 g/mol. The van der Waals surface area contributed by atoms with Crippen molar-refractivity contribution in [2.75, 3.05) is 7.11 Å². The molecular formula is C21H30O. The number of rotatable bonds is 2. The van der Waals surface area contributed by atoms with E-state index in [1.165, 1.54) is 44.9 Å². The van der Waals surface area contributed by atoms with Gasteiger partial charge in [-0.3, -0.25) is 0 Å². The molecule has 0 bridgehead atoms. The second-order valence-corrected chi connectivity index (χ2v) is 8.21. The normalized spacial score (nSPS) is 39.8. The molecule has 3 unspecified atom stereocenters. The Labute approximate surface area is 135 Å². The van der Waals surface area contributed by atoms with Crippen molar-refractivity contribution in [2.45, 2.75) is 64.7 Å². The second-order valence-electron chi connectivity index (χ2n) is 8.21. The highest BCUT2D eigenvalue weighted by Crippen LogP contribution is 2.63. The van der Waals surface area contributed by atoms with Crippen molar-refractivity contribution in [3.8, 4) is 5.75 Å². The van der Waals surface area contributed by atoms with E-state index in [1.54, 1.807) is 18.2 Å². The first-order valence-corrected chi connectivity index (χ1v) is 9.34. The SMILES string of the molecule is CC[C@H]1CCC2C3CCc4cc(OC)ccc4C3CC[C@@]21C. The average Bonchev–Trinajstić information content (AvgIpc) is 2.90.